The highest BCUT2D eigenvalue weighted by molar-refractivity contribution is 9.10. The Morgan fingerprint density at radius 1 is 1.29 bits per heavy atom. The van der Waals surface area contributed by atoms with E-state index in [2.05, 4.69) is 40.3 Å². The summed E-state index contributed by atoms with van der Waals surface area (Å²) in [5.74, 6) is 0.739. The van der Waals surface area contributed by atoms with E-state index in [-0.39, 0.29) is 11.9 Å². The summed E-state index contributed by atoms with van der Waals surface area (Å²) in [6.45, 7) is 2.85. The fourth-order valence-corrected chi connectivity index (χ4v) is 3.00. The third-order valence-corrected chi connectivity index (χ3v) is 4.28. The summed E-state index contributed by atoms with van der Waals surface area (Å²) in [4.78, 5) is 0. The lowest BCUT2D eigenvalue weighted by atomic mass is 10.0. The normalized spacial score (nSPS) is 14.4. The molecule has 110 valence electrons. The van der Waals surface area contributed by atoms with Gasteiger partial charge in [0, 0.05) is 10.9 Å². The van der Waals surface area contributed by atoms with Crippen LogP contribution in [0.2, 0.25) is 0 Å². The van der Waals surface area contributed by atoms with E-state index in [1.165, 1.54) is 17.2 Å². The third kappa shape index (κ3) is 3.05. The Balaban J connectivity index is 1.86. The van der Waals surface area contributed by atoms with Gasteiger partial charge in [-0.05, 0) is 47.9 Å². The van der Waals surface area contributed by atoms with Crippen molar-refractivity contribution in [3.8, 4) is 5.75 Å². The van der Waals surface area contributed by atoms with E-state index in [1.54, 1.807) is 12.1 Å². The molecule has 3 rings (SSSR count). The predicted octanol–water partition coefficient (Wildman–Crippen LogP) is 5.09. The average molecular weight is 350 g/mol. The number of anilines is 1. The number of hydrogen-bond acceptors (Lipinski definition) is 2. The monoisotopic (exact) mass is 349 g/mol. The van der Waals surface area contributed by atoms with Gasteiger partial charge in [-0.25, -0.2) is 4.39 Å². The van der Waals surface area contributed by atoms with E-state index < -0.39 is 0 Å². The molecule has 21 heavy (non-hydrogen) atoms. The number of halogens is 2. The van der Waals surface area contributed by atoms with Gasteiger partial charge in [0.2, 0.25) is 0 Å². The van der Waals surface area contributed by atoms with Gasteiger partial charge in [0.15, 0.2) is 0 Å². The molecule has 1 aliphatic heterocycles. The van der Waals surface area contributed by atoms with Gasteiger partial charge in [-0.15, -0.1) is 0 Å². The van der Waals surface area contributed by atoms with Gasteiger partial charge in [-0.2, -0.15) is 0 Å². The SMILES string of the molecule is CCC(Nc1cc(Br)ccc1F)c1ccc2c(c1)CCO2. The third-order valence-electron chi connectivity index (χ3n) is 3.78. The number of benzene rings is 2. The van der Waals surface area contributed by atoms with Gasteiger partial charge in [0.05, 0.1) is 18.3 Å². The van der Waals surface area contributed by atoms with Crippen molar-refractivity contribution in [3.63, 3.8) is 0 Å². The lowest BCUT2D eigenvalue weighted by molar-refractivity contribution is 0.357. The molecule has 0 saturated heterocycles. The van der Waals surface area contributed by atoms with Crippen LogP contribution in [-0.2, 0) is 6.42 Å². The van der Waals surface area contributed by atoms with Crippen molar-refractivity contribution in [2.24, 2.45) is 0 Å². The van der Waals surface area contributed by atoms with E-state index in [0.717, 1.165) is 29.7 Å². The number of nitrogens with one attached hydrogen (secondary N) is 1. The number of ether oxygens (including phenoxy) is 1. The van der Waals surface area contributed by atoms with Gasteiger partial charge in [0.25, 0.3) is 0 Å². The number of fused-ring (bicyclic) bond motifs is 1. The molecule has 0 spiro atoms. The largest absolute Gasteiger partial charge is 0.493 e. The lowest BCUT2D eigenvalue weighted by Crippen LogP contribution is -2.11. The molecule has 0 bridgehead atoms. The number of hydrogen-bond donors (Lipinski definition) is 1. The van der Waals surface area contributed by atoms with E-state index in [1.807, 2.05) is 6.07 Å². The maximum Gasteiger partial charge on any atom is 0.146 e. The molecule has 2 aromatic rings. The van der Waals surface area contributed by atoms with Crippen LogP contribution in [0.3, 0.4) is 0 Å². The van der Waals surface area contributed by atoms with Gasteiger partial charge in [-0.1, -0.05) is 28.9 Å². The Morgan fingerprint density at radius 2 is 2.14 bits per heavy atom. The molecule has 1 atom stereocenters. The summed E-state index contributed by atoms with van der Waals surface area (Å²) in [5, 5.41) is 3.30. The van der Waals surface area contributed by atoms with Crippen LogP contribution in [0.15, 0.2) is 40.9 Å². The molecule has 1 N–H and O–H groups in total. The Kier molecular flexibility index (Phi) is 4.15. The van der Waals surface area contributed by atoms with Gasteiger partial charge in [-0.3, -0.25) is 0 Å². The van der Waals surface area contributed by atoms with E-state index >= 15 is 0 Å². The van der Waals surface area contributed by atoms with Crippen molar-refractivity contribution in [2.75, 3.05) is 11.9 Å². The molecule has 0 radical (unpaired) electrons. The Morgan fingerprint density at radius 3 is 2.95 bits per heavy atom. The molecule has 1 heterocycles. The summed E-state index contributed by atoms with van der Waals surface area (Å²) < 4.78 is 20.3. The lowest BCUT2D eigenvalue weighted by Gasteiger charge is -2.20. The Bertz CT molecular complexity index is 659. The minimum Gasteiger partial charge on any atom is -0.493 e. The zero-order chi connectivity index (χ0) is 14.8. The van der Waals surface area contributed by atoms with Crippen LogP contribution in [0, 0.1) is 5.82 Å². The Labute approximate surface area is 132 Å². The van der Waals surface area contributed by atoms with Crippen molar-refractivity contribution in [2.45, 2.75) is 25.8 Å². The summed E-state index contributed by atoms with van der Waals surface area (Å²) >= 11 is 3.38. The van der Waals surface area contributed by atoms with Crippen LogP contribution in [0.5, 0.6) is 5.75 Å². The van der Waals surface area contributed by atoms with Crippen LogP contribution >= 0.6 is 15.9 Å². The van der Waals surface area contributed by atoms with Crippen LogP contribution in [0.1, 0.15) is 30.5 Å². The predicted molar refractivity (Wildman–Crippen MR) is 86.4 cm³/mol. The summed E-state index contributed by atoms with van der Waals surface area (Å²) in [5.41, 5.74) is 2.93. The Hall–Kier alpha value is -1.55. The van der Waals surface area contributed by atoms with Crippen molar-refractivity contribution in [1.29, 1.82) is 0 Å². The highest BCUT2D eigenvalue weighted by Crippen LogP contribution is 2.31. The highest BCUT2D eigenvalue weighted by atomic mass is 79.9. The van der Waals surface area contributed by atoms with Gasteiger partial charge in [0.1, 0.15) is 11.6 Å². The fourth-order valence-electron chi connectivity index (χ4n) is 2.64. The molecule has 0 amide bonds. The van der Waals surface area contributed by atoms with Crippen molar-refractivity contribution in [3.05, 3.63) is 57.8 Å². The smallest absolute Gasteiger partial charge is 0.146 e. The molecule has 0 aliphatic carbocycles. The van der Waals surface area contributed by atoms with Crippen molar-refractivity contribution in [1.82, 2.24) is 0 Å². The molecule has 1 aliphatic rings. The number of rotatable bonds is 4. The topological polar surface area (TPSA) is 21.3 Å². The first-order chi connectivity index (χ1) is 10.2. The maximum absolute atomic E-state index is 13.9. The molecule has 0 aromatic heterocycles. The second-order valence-corrected chi connectivity index (χ2v) is 6.11. The van der Waals surface area contributed by atoms with Crippen LogP contribution in [-0.4, -0.2) is 6.61 Å². The maximum atomic E-state index is 13.9. The van der Waals surface area contributed by atoms with Gasteiger partial charge < -0.3 is 10.1 Å². The zero-order valence-electron chi connectivity index (χ0n) is 11.8. The zero-order valence-corrected chi connectivity index (χ0v) is 13.4. The first-order valence-corrected chi connectivity index (χ1v) is 7.94. The molecule has 0 saturated carbocycles. The average Bonchev–Trinajstić information content (AvgIpc) is 2.95. The minimum absolute atomic E-state index is 0.0831. The molecular weight excluding hydrogens is 333 g/mol. The summed E-state index contributed by atoms with van der Waals surface area (Å²) in [6.07, 6.45) is 1.83. The van der Waals surface area contributed by atoms with Gasteiger partial charge >= 0.3 is 0 Å². The highest BCUT2D eigenvalue weighted by Gasteiger charge is 2.17. The van der Waals surface area contributed by atoms with E-state index in [0.29, 0.717) is 5.69 Å². The second-order valence-electron chi connectivity index (χ2n) is 5.19. The van der Waals surface area contributed by atoms with Crippen molar-refractivity contribution < 1.29 is 9.13 Å². The van der Waals surface area contributed by atoms with Crippen LogP contribution < -0.4 is 10.1 Å². The quantitative estimate of drug-likeness (QED) is 0.830. The van der Waals surface area contributed by atoms with E-state index in [4.69, 9.17) is 4.74 Å². The molecule has 4 heteroatoms. The van der Waals surface area contributed by atoms with Crippen LogP contribution in [0.4, 0.5) is 10.1 Å². The summed E-state index contributed by atoms with van der Waals surface area (Å²) in [7, 11) is 0. The first-order valence-electron chi connectivity index (χ1n) is 7.14. The van der Waals surface area contributed by atoms with Crippen molar-refractivity contribution >= 4 is 21.6 Å². The molecule has 1 unspecified atom stereocenters. The minimum atomic E-state index is -0.235. The summed E-state index contributed by atoms with van der Waals surface area (Å²) in [6, 6.07) is 11.3. The molecule has 0 fully saturated rings. The second kappa shape index (κ2) is 6.06. The molecule has 2 nitrogen and oxygen atoms in total. The van der Waals surface area contributed by atoms with E-state index in [9.17, 15) is 4.39 Å². The van der Waals surface area contributed by atoms with Crippen LogP contribution in [0.25, 0.3) is 0 Å². The standard InChI is InChI=1S/C17H17BrFNO/c1-2-15(20-16-10-13(18)4-5-14(16)19)11-3-6-17-12(9-11)7-8-21-17/h3-6,9-10,15,20H,2,7-8H2,1H3. The molecule has 2 aromatic carbocycles. The molecular formula is C17H17BrFNO. The fraction of sp³-hybridized carbons (Fsp3) is 0.294. The first kappa shape index (κ1) is 14.4.